The van der Waals surface area contributed by atoms with E-state index < -0.39 is 0 Å². The second kappa shape index (κ2) is 9.55. The van der Waals surface area contributed by atoms with Crippen LogP contribution in [-0.2, 0) is 11.2 Å². The molecule has 1 N–H and O–H groups in total. The molecule has 1 heterocycles. The molecule has 2 rings (SSSR count). The van der Waals surface area contributed by atoms with Crippen molar-refractivity contribution in [2.45, 2.75) is 67.7 Å². The van der Waals surface area contributed by atoms with E-state index in [0.717, 1.165) is 30.5 Å². The van der Waals surface area contributed by atoms with Crippen molar-refractivity contribution in [1.82, 2.24) is 4.98 Å². The normalized spacial score (nSPS) is 12.0. The Kier molecular flexibility index (Phi) is 8.08. The molecule has 25 heavy (non-hydrogen) atoms. The first kappa shape index (κ1) is 21.1. The Morgan fingerprint density at radius 1 is 1.12 bits per heavy atom. The topological polar surface area (TPSA) is 49.9 Å². The SMILES string of the molecule is CCC(C)C(C)=O.CCCc1c(C)ccc2[nH]c(C(=O)C(C)C)cc12. The van der Waals surface area contributed by atoms with Crippen LogP contribution >= 0.6 is 0 Å². The number of aryl methyl sites for hydroxylation is 2. The maximum atomic E-state index is 12.0. The molecule has 0 aliphatic rings. The highest BCUT2D eigenvalue weighted by atomic mass is 16.1. The third-order valence-corrected chi connectivity index (χ3v) is 4.75. The van der Waals surface area contributed by atoms with Crippen LogP contribution < -0.4 is 0 Å². The number of benzene rings is 1. The van der Waals surface area contributed by atoms with E-state index in [2.05, 4.69) is 31.0 Å². The van der Waals surface area contributed by atoms with E-state index in [9.17, 15) is 9.59 Å². The van der Waals surface area contributed by atoms with Crippen molar-refractivity contribution in [3.63, 3.8) is 0 Å². The molecule has 1 aromatic heterocycles. The van der Waals surface area contributed by atoms with Gasteiger partial charge in [0, 0.05) is 22.7 Å². The molecular formula is C22H33NO2. The zero-order valence-electron chi connectivity index (χ0n) is 16.8. The summed E-state index contributed by atoms with van der Waals surface area (Å²) in [5.41, 5.74) is 4.50. The Hall–Kier alpha value is -1.90. The summed E-state index contributed by atoms with van der Waals surface area (Å²) in [7, 11) is 0. The van der Waals surface area contributed by atoms with Crippen molar-refractivity contribution in [1.29, 1.82) is 0 Å². The van der Waals surface area contributed by atoms with Crippen LogP contribution in [0.5, 0.6) is 0 Å². The van der Waals surface area contributed by atoms with Gasteiger partial charge in [0.05, 0.1) is 5.69 Å². The Balaban J connectivity index is 0.000000381. The maximum absolute atomic E-state index is 12.0. The van der Waals surface area contributed by atoms with Crippen molar-refractivity contribution in [2.24, 2.45) is 11.8 Å². The summed E-state index contributed by atoms with van der Waals surface area (Å²) in [5, 5.41) is 1.21. The molecule has 3 heteroatoms. The van der Waals surface area contributed by atoms with Crippen LogP contribution in [0.15, 0.2) is 18.2 Å². The first-order valence-electron chi connectivity index (χ1n) is 9.38. The number of hydrogen-bond acceptors (Lipinski definition) is 2. The lowest BCUT2D eigenvalue weighted by Gasteiger charge is -2.05. The first-order chi connectivity index (χ1) is 11.7. The molecule has 0 aliphatic carbocycles. The van der Waals surface area contributed by atoms with Gasteiger partial charge in [0.2, 0.25) is 0 Å². The van der Waals surface area contributed by atoms with Crippen LogP contribution in [0.3, 0.4) is 0 Å². The second-order valence-electron chi connectivity index (χ2n) is 7.19. The molecule has 2 aromatic rings. The predicted octanol–water partition coefficient (Wildman–Crippen LogP) is 5.89. The number of fused-ring (bicyclic) bond motifs is 1. The number of nitrogens with one attached hydrogen (secondary N) is 1. The van der Waals surface area contributed by atoms with E-state index in [1.165, 1.54) is 16.5 Å². The Morgan fingerprint density at radius 2 is 1.76 bits per heavy atom. The number of hydrogen-bond donors (Lipinski definition) is 1. The standard InChI is InChI=1S/C16H21NO.C6H12O/c1-5-6-12-11(4)7-8-14-13(12)9-15(17-14)16(18)10(2)3;1-4-5(2)6(3)7/h7-10,17H,5-6H2,1-4H3;5H,4H2,1-3H3. The molecule has 0 bridgehead atoms. The molecule has 0 spiro atoms. The summed E-state index contributed by atoms with van der Waals surface area (Å²) in [5.74, 6) is 0.780. The largest absolute Gasteiger partial charge is 0.352 e. The van der Waals surface area contributed by atoms with Gasteiger partial charge >= 0.3 is 0 Å². The summed E-state index contributed by atoms with van der Waals surface area (Å²) in [6, 6.07) is 6.23. The van der Waals surface area contributed by atoms with Crippen LogP contribution in [0.4, 0.5) is 0 Å². The van der Waals surface area contributed by atoms with Crippen molar-refractivity contribution in [3.8, 4) is 0 Å². The van der Waals surface area contributed by atoms with Crippen LogP contribution in [-0.4, -0.2) is 16.6 Å². The van der Waals surface area contributed by atoms with E-state index >= 15 is 0 Å². The van der Waals surface area contributed by atoms with Gasteiger partial charge in [-0.15, -0.1) is 0 Å². The monoisotopic (exact) mass is 343 g/mol. The number of aromatic nitrogens is 1. The quantitative estimate of drug-likeness (QED) is 0.665. The number of ketones is 2. The van der Waals surface area contributed by atoms with E-state index in [1.54, 1.807) is 6.92 Å². The molecule has 0 saturated heterocycles. The minimum absolute atomic E-state index is 0.0359. The fourth-order valence-electron chi connectivity index (χ4n) is 2.69. The number of aromatic amines is 1. The number of H-pyrrole nitrogens is 1. The van der Waals surface area contributed by atoms with Gasteiger partial charge in [0.1, 0.15) is 5.78 Å². The summed E-state index contributed by atoms with van der Waals surface area (Å²) in [6.45, 7) is 13.8. The van der Waals surface area contributed by atoms with E-state index in [1.807, 2.05) is 33.8 Å². The van der Waals surface area contributed by atoms with E-state index in [0.29, 0.717) is 5.78 Å². The van der Waals surface area contributed by atoms with Gasteiger partial charge < -0.3 is 4.98 Å². The van der Waals surface area contributed by atoms with E-state index in [4.69, 9.17) is 0 Å². The summed E-state index contributed by atoms with van der Waals surface area (Å²) < 4.78 is 0. The Labute approximate surface area is 152 Å². The average molecular weight is 344 g/mol. The molecular weight excluding hydrogens is 310 g/mol. The smallest absolute Gasteiger partial charge is 0.181 e. The number of carbonyl (C=O) groups excluding carboxylic acids is 2. The molecule has 138 valence electrons. The van der Waals surface area contributed by atoms with Crippen molar-refractivity contribution in [3.05, 3.63) is 35.0 Å². The first-order valence-corrected chi connectivity index (χ1v) is 9.38. The summed E-state index contributed by atoms with van der Waals surface area (Å²) in [4.78, 5) is 25.7. The second-order valence-corrected chi connectivity index (χ2v) is 7.19. The van der Waals surface area contributed by atoms with Crippen LogP contribution in [0, 0.1) is 18.8 Å². The maximum Gasteiger partial charge on any atom is 0.181 e. The fraction of sp³-hybridized carbons (Fsp3) is 0.545. The Morgan fingerprint density at radius 3 is 2.20 bits per heavy atom. The van der Waals surface area contributed by atoms with Crippen LogP contribution in [0.25, 0.3) is 10.9 Å². The number of Topliss-reactive ketones (excluding diaryl/α,β-unsaturated/α-hetero) is 2. The zero-order chi connectivity index (χ0) is 19.1. The zero-order valence-corrected chi connectivity index (χ0v) is 16.8. The van der Waals surface area contributed by atoms with Crippen molar-refractivity contribution < 1.29 is 9.59 Å². The summed E-state index contributed by atoms with van der Waals surface area (Å²) in [6.07, 6.45) is 3.16. The van der Waals surface area contributed by atoms with E-state index in [-0.39, 0.29) is 17.6 Å². The molecule has 1 aromatic carbocycles. The minimum Gasteiger partial charge on any atom is -0.352 e. The third kappa shape index (κ3) is 5.55. The minimum atomic E-state index is 0.0359. The third-order valence-electron chi connectivity index (χ3n) is 4.75. The molecule has 0 saturated carbocycles. The van der Waals surface area contributed by atoms with Gasteiger partial charge in [-0.05, 0) is 49.9 Å². The van der Waals surface area contributed by atoms with Crippen molar-refractivity contribution in [2.75, 3.05) is 0 Å². The van der Waals surface area contributed by atoms with Gasteiger partial charge in [-0.3, -0.25) is 9.59 Å². The lowest BCUT2D eigenvalue weighted by atomic mass is 9.99. The van der Waals surface area contributed by atoms with Gasteiger partial charge in [0.15, 0.2) is 5.78 Å². The van der Waals surface area contributed by atoms with Gasteiger partial charge in [0.25, 0.3) is 0 Å². The molecule has 0 aliphatic heterocycles. The lowest BCUT2D eigenvalue weighted by Crippen LogP contribution is -2.07. The molecule has 0 radical (unpaired) electrons. The average Bonchev–Trinajstić information content (AvgIpc) is 3.00. The molecule has 0 fully saturated rings. The summed E-state index contributed by atoms with van der Waals surface area (Å²) >= 11 is 0. The molecule has 3 nitrogen and oxygen atoms in total. The number of carbonyl (C=O) groups is 2. The molecule has 1 unspecified atom stereocenters. The molecule has 0 amide bonds. The lowest BCUT2D eigenvalue weighted by molar-refractivity contribution is -0.120. The highest BCUT2D eigenvalue weighted by Crippen LogP contribution is 2.25. The van der Waals surface area contributed by atoms with Gasteiger partial charge in [-0.25, -0.2) is 0 Å². The van der Waals surface area contributed by atoms with Gasteiger partial charge in [-0.1, -0.05) is 47.1 Å². The van der Waals surface area contributed by atoms with Crippen molar-refractivity contribution >= 4 is 22.5 Å². The highest BCUT2D eigenvalue weighted by molar-refractivity contribution is 6.01. The van der Waals surface area contributed by atoms with Crippen LogP contribution in [0.1, 0.15) is 76.0 Å². The number of rotatable bonds is 6. The van der Waals surface area contributed by atoms with Crippen LogP contribution in [0.2, 0.25) is 0 Å². The predicted molar refractivity (Wildman–Crippen MR) is 106 cm³/mol. The van der Waals surface area contributed by atoms with Gasteiger partial charge in [-0.2, -0.15) is 0 Å². The fourth-order valence-corrected chi connectivity index (χ4v) is 2.69. The Bertz CT molecular complexity index is 725. The molecule has 1 atom stereocenters. The highest BCUT2D eigenvalue weighted by Gasteiger charge is 2.15.